The van der Waals surface area contributed by atoms with E-state index >= 15 is 0 Å². The third kappa shape index (κ3) is 5.13. The summed E-state index contributed by atoms with van der Waals surface area (Å²) in [5.41, 5.74) is 1.43. The van der Waals surface area contributed by atoms with Gasteiger partial charge in [0.2, 0.25) is 5.89 Å². The Morgan fingerprint density at radius 2 is 1.96 bits per heavy atom. The molecule has 0 aliphatic carbocycles. The van der Waals surface area contributed by atoms with Gasteiger partial charge in [-0.1, -0.05) is 19.8 Å². The van der Waals surface area contributed by atoms with Gasteiger partial charge in [-0.05, 0) is 44.5 Å². The lowest BCUT2D eigenvalue weighted by atomic mass is 10.2. The second kappa shape index (κ2) is 8.36. The smallest absolute Gasteiger partial charge is 0.251 e. The second-order valence-corrected chi connectivity index (χ2v) is 5.51. The first-order valence-corrected chi connectivity index (χ1v) is 8.04. The predicted molar refractivity (Wildman–Crippen MR) is 88.6 cm³/mol. The van der Waals surface area contributed by atoms with Crippen LogP contribution >= 0.6 is 0 Å². The minimum atomic E-state index is -0.156. The van der Waals surface area contributed by atoms with Crippen LogP contribution in [-0.2, 0) is 6.54 Å². The van der Waals surface area contributed by atoms with Crippen LogP contribution in [0.1, 0.15) is 53.9 Å². The molecule has 0 radical (unpaired) electrons. The van der Waals surface area contributed by atoms with Crippen LogP contribution in [0.25, 0.3) is 0 Å². The zero-order chi connectivity index (χ0) is 16.7. The maximum Gasteiger partial charge on any atom is 0.251 e. The highest BCUT2D eigenvalue weighted by atomic mass is 16.5. The summed E-state index contributed by atoms with van der Waals surface area (Å²) in [6.45, 7) is 6.88. The Balaban J connectivity index is 1.82. The molecule has 2 aromatic rings. The van der Waals surface area contributed by atoms with Gasteiger partial charge in [0.25, 0.3) is 5.91 Å². The number of amides is 1. The summed E-state index contributed by atoms with van der Waals surface area (Å²) in [6, 6.07) is 7.16. The van der Waals surface area contributed by atoms with E-state index in [2.05, 4.69) is 17.2 Å². The third-order valence-corrected chi connectivity index (χ3v) is 3.61. The minimum Gasteiger partial charge on any atom is -0.494 e. The Morgan fingerprint density at radius 3 is 2.57 bits per heavy atom. The number of ether oxygens (including phenoxy) is 1. The van der Waals surface area contributed by atoms with Crippen LogP contribution in [0.2, 0.25) is 0 Å². The molecule has 5 heteroatoms. The molecular formula is C18H24N2O3. The van der Waals surface area contributed by atoms with Crippen molar-refractivity contribution in [1.29, 1.82) is 0 Å². The van der Waals surface area contributed by atoms with Crippen molar-refractivity contribution in [2.75, 3.05) is 6.61 Å². The van der Waals surface area contributed by atoms with E-state index in [1.807, 2.05) is 26.0 Å². The van der Waals surface area contributed by atoms with Gasteiger partial charge in [-0.25, -0.2) is 4.98 Å². The largest absolute Gasteiger partial charge is 0.494 e. The van der Waals surface area contributed by atoms with Gasteiger partial charge in [0.15, 0.2) is 0 Å². The van der Waals surface area contributed by atoms with Crippen molar-refractivity contribution in [3.05, 3.63) is 47.2 Å². The molecule has 0 fully saturated rings. The van der Waals surface area contributed by atoms with Crippen LogP contribution in [0, 0.1) is 13.8 Å². The Bertz CT molecular complexity index is 613. The highest BCUT2D eigenvalue weighted by molar-refractivity contribution is 5.94. The SMILES string of the molecule is CCCCCOc1ccc(C(=O)NCc2nc(C)c(C)o2)cc1. The fourth-order valence-electron chi connectivity index (χ4n) is 2.12. The van der Waals surface area contributed by atoms with Crippen LogP contribution < -0.4 is 10.1 Å². The van der Waals surface area contributed by atoms with Crippen molar-refractivity contribution in [2.24, 2.45) is 0 Å². The third-order valence-electron chi connectivity index (χ3n) is 3.61. The molecule has 0 bridgehead atoms. The van der Waals surface area contributed by atoms with Crippen molar-refractivity contribution in [3.8, 4) is 5.75 Å². The second-order valence-electron chi connectivity index (χ2n) is 5.51. The summed E-state index contributed by atoms with van der Waals surface area (Å²) in [7, 11) is 0. The first-order valence-electron chi connectivity index (χ1n) is 8.04. The number of oxazole rings is 1. The maximum atomic E-state index is 12.1. The molecule has 5 nitrogen and oxygen atoms in total. The highest BCUT2D eigenvalue weighted by Gasteiger charge is 2.09. The quantitative estimate of drug-likeness (QED) is 0.753. The molecule has 0 aliphatic rings. The summed E-state index contributed by atoms with van der Waals surface area (Å²) < 4.78 is 11.1. The molecule has 1 aromatic heterocycles. The molecule has 0 saturated carbocycles. The summed E-state index contributed by atoms with van der Waals surface area (Å²) in [5, 5.41) is 2.80. The van der Waals surface area contributed by atoms with Gasteiger partial charge in [0.1, 0.15) is 11.5 Å². The van der Waals surface area contributed by atoms with Gasteiger partial charge in [-0.15, -0.1) is 0 Å². The van der Waals surface area contributed by atoms with Crippen molar-refractivity contribution in [3.63, 3.8) is 0 Å². The topological polar surface area (TPSA) is 64.4 Å². The van der Waals surface area contributed by atoms with Gasteiger partial charge in [-0.2, -0.15) is 0 Å². The molecule has 0 spiro atoms. The number of nitrogens with zero attached hydrogens (tertiary/aromatic N) is 1. The van der Waals surface area contributed by atoms with E-state index in [-0.39, 0.29) is 12.5 Å². The predicted octanol–water partition coefficient (Wildman–Crippen LogP) is 3.79. The number of nitrogens with one attached hydrogen (secondary N) is 1. The standard InChI is InChI=1S/C18H24N2O3/c1-4-5-6-11-22-16-9-7-15(8-10-16)18(21)19-12-17-20-13(2)14(3)23-17/h7-10H,4-6,11-12H2,1-3H3,(H,19,21). The molecule has 1 heterocycles. The van der Waals surface area contributed by atoms with Crippen molar-refractivity contribution in [2.45, 2.75) is 46.6 Å². The van der Waals surface area contributed by atoms with E-state index in [9.17, 15) is 4.79 Å². The Morgan fingerprint density at radius 1 is 1.22 bits per heavy atom. The van der Waals surface area contributed by atoms with Crippen LogP contribution in [0.5, 0.6) is 5.75 Å². The van der Waals surface area contributed by atoms with Gasteiger partial charge in [0, 0.05) is 5.56 Å². The molecule has 23 heavy (non-hydrogen) atoms. The number of rotatable bonds is 8. The van der Waals surface area contributed by atoms with Gasteiger partial charge >= 0.3 is 0 Å². The number of carbonyl (C=O) groups excluding carboxylic acids is 1. The number of hydrogen-bond acceptors (Lipinski definition) is 4. The molecule has 2 rings (SSSR count). The van der Waals surface area contributed by atoms with E-state index in [4.69, 9.17) is 9.15 Å². The van der Waals surface area contributed by atoms with E-state index in [0.29, 0.717) is 18.1 Å². The normalized spacial score (nSPS) is 10.6. The lowest BCUT2D eigenvalue weighted by molar-refractivity contribution is 0.0947. The minimum absolute atomic E-state index is 0.156. The van der Waals surface area contributed by atoms with Crippen molar-refractivity contribution < 1.29 is 13.9 Å². The molecule has 1 aromatic carbocycles. The molecule has 1 amide bonds. The zero-order valence-electron chi connectivity index (χ0n) is 14.0. The lowest BCUT2D eigenvalue weighted by Crippen LogP contribution is -2.22. The first-order chi connectivity index (χ1) is 11.1. The molecule has 0 atom stereocenters. The average molecular weight is 316 g/mol. The van der Waals surface area contributed by atoms with Gasteiger partial charge in [-0.3, -0.25) is 4.79 Å². The van der Waals surface area contributed by atoms with Crippen LogP contribution in [-0.4, -0.2) is 17.5 Å². The zero-order valence-corrected chi connectivity index (χ0v) is 14.0. The first kappa shape index (κ1) is 17.1. The van der Waals surface area contributed by atoms with Crippen LogP contribution in [0.3, 0.4) is 0 Å². The number of unbranched alkanes of at least 4 members (excludes halogenated alkanes) is 2. The monoisotopic (exact) mass is 316 g/mol. The number of carbonyl (C=O) groups is 1. The average Bonchev–Trinajstić information content (AvgIpc) is 2.88. The lowest BCUT2D eigenvalue weighted by Gasteiger charge is -2.07. The summed E-state index contributed by atoms with van der Waals surface area (Å²) in [6.07, 6.45) is 3.39. The summed E-state index contributed by atoms with van der Waals surface area (Å²) in [4.78, 5) is 16.3. The van der Waals surface area contributed by atoms with Crippen molar-refractivity contribution >= 4 is 5.91 Å². The fraction of sp³-hybridized carbons (Fsp3) is 0.444. The Labute approximate surface area is 137 Å². The van der Waals surface area contributed by atoms with Gasteiger partial charge in [0.05, 0.1) is 18.8 Å². The Hall–Kier alpha value is -2.30. The molecule has 124 valence electrons. The Kier molecular flexibility index (Phi) is 6.20. The number of aryl methyl sites for hydroxylation is 2. The van der Waals surface area contributed by atoms with E-state index in [1.54, 1.807) is 12.1 Å². The fourth-order valence-corrected chi connectivity index (χ4v) is 2.12. The highest BCUT2D eigenvalue weighted by Crippen LogP contribution is 2.13. The maximum absolute atomic E-state index is 12.1. The van der Waals surface area contributed by atoms with E-state index in [0.717, 1.165) is 23.6 Å². The van der Waals surface area contributed by atoms with Crippen molar-refractivity contribution in [1.82, 2.24) is 10.3 Å². The number of benzene rings is 1. The van der Waals surface area contributed by atoms with Crippen LogP contribution in [0.4, 0.5) is 0 Å². The molecule has 0 aliphatic heterocycles. The van der Waals surface area contributed by atoms with E-state index in [1.165, 1.54) is 12.8 Å². The number of hydrogen-bond donors (Lipinski definition) is 1. The molecule has 0 saturated heterocycles. The summed E-state index contributed by atoms with van der Waals surface area (Å²) in [5.74, 6) is 1.93. The molecule has 1 N–H and O–H groups in total. The van der Waals surface area contributed by atoms with Crippen LogP contribution in [0.15, 0.2) is 28.7 Å². The molecule has 0 unspecified atom stereocenters. The number of aromatic nitrogens is 1. The van der Waals surface area contributed by atoms with Gasteiger partial charge < -0.3 is 14.5 Å². The van der Waals surface area contributed by atoms with E-state index < -0.39 is 0 Å². The summed E-state index contributed by atoms with van der Waals surface area (Å²) >= 11 is 0. The molecular weight excluding hydrogens is 292 g/mol.